The maximum atomic E-state index is 6.12. The van der Waals surface area contributed by atoms with Crippen LogP contribution in [0.2, 0.25) is 5.02 Å². The average Bonchev–Trinajstić information content (AvgIpc) is 2.34. The first-order valence-corrected chi connectivity index (χ1v) is 6.36. The molecule has 0 aromatic heterocycles. The van der Waals surface area contributed by atoms with Crippen molar-refractivity contribution in [2.75, 3.05) is 26.2 Å². The van der Waals surface area contributed by atoms with Crippen molar-refractivity contribution in [2.24, 2.45) is 5.73 Å². The first-order chi connectivity index (χ1) is 8.19. The Bertz CT molecular complexity index is 384. The summed E-state index contributed by atoms with van der Waals surface area (Å²) in [5.41, 5.74) is 8.00. The molecule has 0 unspecified atom stereocenters. The molecule has 0 spiro atoms. The van der Waals surface area contributed by atoms with E-state index >= 15 is 0 Å². The van der Waals surface area contributed by atoms with Crippen molar-refractivity contribution >= 4 is 11.6 Å². The summed E-state index contributed by atoms with van der Waals surface area (Å²) in [6, 6.07) is 6.25. The van der Waals surface area contributed by atoms with Gasteiger partial charge in [0, 0.05) is 31.2 Å². The van der Waals surface area contributed by atoms with Crippen LogP contribution in [0.1, 0.15) is 11.1 Å². The van der Waals surface area contributed by atoms with Gasteiger partial charge < -0.3 is 10.5 Å². The van der Waals surface area contributed by atoms with E-state index in [4.69, 9.17) is 22.1 Å². The molecule has 0 saturated carbocycles. The Hall–Kier alpha value is -0.610. The smallest absolute Gasteiger partial charge is 0.0824 e. The monoisotopic (exact) mass is 254 g/mol. The Labute approximate surface area is 107 Å². The first kappa shape index (κ1) is 12.8. The van der Waals surface area contributed by atoms with Crippen molar-refractivity contribution in [3.05, 3.63) is 34.3 Å². The van der Waals surface area contributed by atoms with Crippen LogP contribution in [0.25, 0.3) is 0 Å². The number of ether oxygens (including phenoxy) is 1. The summed E-state index contributed by atoms with van der Waals surface area (Å²) < 4.78 is 5.55. The van der Waals surface area contributed by atoms with Gasteiger partial charge >= 0.3 is 0 Å². The normalized spacial score (nSPS) is 21.7. The van der Waals surface area contributed by atoms with Crippen LogP contribution in [0.4, 0.5) is 0 Å². The lowest BCUT2D eigenvalue weighted by atomic mass is 10.1. The van der Waals surface area contributed by atoms with E-state index in [1.165, 1.54) is 5.56 Å². The van der Waals surface area contributed by atoms with E-state index in [0.717, 1.165) is 36.8 Å². The van der Waals surface area contributed by atoms with Gasteiger partial charge in [-0.1, -0.05) is 23.7 Å². The third kappa shape index (κ3) is 3.42. The molecule has 0 aliphatic carbocycles. The topological polar surface area (TPSA) is 38.5 Å². The Kier molecular flexibility index (Phi) is 4.40. The zero-order valence-electron chi connectivity index (χ0n) is 10.2. The summed E-state index contributed by atoms with van der Waals surface area (Å²) in [7, 11) is 0. The molecule has 1 fully saturated rings. The van der Waals surface area contributed by atoms with Gasteiger partial charge in [0.2, 0.25) is 0 Å². The Balaban J connectivity index is 1.97. The fourth-order valence-electron chi connectivity index (χ4n) is 2.06. The summed E-state index contributed by atoms with van der Waals surface area (Å²) in [5.74, 6) is 0. The average molecular weight is 255 g/mol. The molecule has 3 nitrogen and oxygen atoms in total. The molecule has 4 heteroatoms. The minimum atomic E-state index is 0.171. The second-order valence-electron chi connectivity index (χ2n) is 4.55. The molecule has 1 saturated heterocycles. The Morgan fingerprint density at radius 2 is 2.35 bits per heavy atom. The number of benzene rings is 1. The summed E-state index contributed by atoms with van der Waals surface area (Å²) in [5, 5.41) is 0.839. The summed E-state index contributed by atoms with van der Waals surface area (Å²) in [6.45, 7) is 6.15. The molecule has 0 bridgehead atoms. The van der Waals surface area contributed by atoms with Crippen molar-refractivity contribution in [1.82, 2.24) is 4.90 Å². The zero-order valence-corrected chi connectivity index (χ0v) is 10.9. The van der Waals surface area contributed by atoms with Crippen LogP contribution in [-0.2, 0) is 11.3 Å². The van der Waals surface area contributed by atoms with E-state index in [0.29, 0.717) is 6.54 Å². The highest BCUT2D eigenvalue weighted by Gasteiger charge is 2.19. The fraction of sp³-hybridized carbons (Fsp3) is 0.538. The van der Waals surface area contributed by atoms with Crippen LogP contribution in [0, 0.1) is 6.92 Å². The number of morpholine rings is 1. The van der Waals surface area contributed by atoms with Gasteiger partial charge in [-0.05, 0) is 24.1 Å². The van der Waals surface area contributed by atoms with Gasteiger partial charge in [-0.25, -0.2) is 0 Å². The molecule has 1 heterocycles. The van der Waals surface area contributed by atoms with Crippen LogP contribution in [-0.4, -0.2) is 37.2 Å². The number of nitrogens with zero attached hydrogens (tertiary/aromatic N) is 1. The molecule has 94 valence electrons. The maximum absolute atomic E-state index is 6.12. The molecule has 1 atom stereocenters. The van der Waals surface area contributed by atoms with E-state index in [9.17, 15) is 0 Å². The molecule has 1 aliphatic heterocycles. The SMILES string of the molecule is Cc1ccc(CN2CCO[C@@H](CN)C2)cc1Cl. The fourth-order valence-corrected chi connectivity index (χ4v) is 2.26. The van der Waals surface area contributed by atoms with Crippen molar-refractivity contribution in [2.45, 2.75) is 19.6 Å². The van der Waals surface area contributed by atoms with E-state index < -0.39 is 0 Å². The minimum absolute atomic E-state index is 0.171. The van der Waals surface area contributed by atoms with Gasteiger partial charge in [0.25, 0.3) is 0 Å². The highest BCUT2D eigenvalue weighted by molar-refractivity contribution is 6.31. The van der Waals surface area contributed by atoms with Gasteiger partial charge in [0.05, 0.1) is 12.7 Å². The predicted octanol–water partition coefficient (Wildman–Crippen LogP) is 1.81. The Morgan fingerprint density at radius 1 is 1.53 bits per heavy atom. The highest BCUT2D eigenvalue weighted by Crippen LogP contribution is 2.18. The number of aryl methyl sites for hydroxylation is 1. The minimum Gasteiger partial charge on any atom is -0.374 e. The van der Waals surface area contributed by atoms with Crippen LogP contribution in [0.15, 0.2) is 18.2 Å². The van der Waals surface area contributed by atoms with Crippen LogP contribution < -0.4 is 5.73 Å². The molecule has 17 heavy (non-hydrogen) atoms. The Morgan fingerprint density at radius 3 is 3.06 bits per heavy atom. The lowest BCUT2D eigenvalue weighted by Crippen LogP contribution is -2.45. The molecule has 2 rings (SSSR count). The molecular weight excluding hydrogens is 236 g/mol. The molecule has 0 amide bonds. The number of hydrogen-bond acceptors (Lipinski definition) is 3. The van der Waals surface area contributed by atoms with E-state index in [-0.39, 0.29) is 6.10 Å². The van der Waals surface area contributed by atoms with Gasteiger partial charge in [0.15, 0.2) is 0 Å². The molecule has 1 aliphatic rings. The van der Waals surface area contributed by atoms with Crippen molar-refractivity contribution < 1.29 is 4.74 Å². The largest absolute Gasteiger partial charge is 0.374 e. The van der Waals surface area contributed by atoms with Gasteiger partial charge in [-0.3, -0.25) is 4.90 Å². The lowest BCUT2D eigenvalue weighted by molar-refractivity contribution is -0.0260. The zero-order chi connectivity index (χ0) is 12.3. The number of halogens is 1. The number of hydrogen-bond donors (Lipinski definition) is 1. The summed E-state index contributed by atoms with van der Waals surface area (Å²) in [6.07, 6.45) is 0.171. The van der Waals surface area contributed by atoms with Crippen LogP contribution in [0.5, 0.6) is 0 Å². The number of rotatable bonds is 3. The second kappa shape index (κ2) is 5.83. The quantitative estimate of drug-likeness (QED) is 0.894. The molecule has 2 N–H and O–H groups in total. The van der Waals surface area contributed by atoms with Crippen molar-refractivity contribution in [1.29, 1.82) is 0 Å². The second-order valence-corrected chi connectivity index (χ2v) is 4.95. The highest BCUT2D eigenvalue weighted by atomic mass is 35.5. The molecule has 1 aromatic carbocycles. The van der Waals surface area contributed by atoms with E-state index in [1.54, 1.807) is 0 Å². The van der Waals surface area contributed by atoms with Crippen LogP contribution in [0.3, 0.4) is 0 Å². The molecule has 0 radical (unpaired) electrons. The molecule has 1 aromatic rings. The van der Waals surface area contributed by atoms with Gasteiger partial charge in [0.1, 0.15) is 0 Å². The van der Waals surface area contributed by atoms with Crippen LogP contribution >= 0.6 is 11.6 Å². The van der Waals surface area contributed by atoms with Crippen molar-refractivity contribution in [3.63, 3.8) is 0 Å². The standard InChI is InChI=1S/C13H19ClN2O/c1-10-2-3-11(6-13(10)14)8-16-4-5-17-12(7-15)9-16/h2-3,6,12H,4-5,7-9,15H2,1H3/t12-/m0/s1. The summed E-state index contributed by atoms with van der Waals surface area (Å²) >= 11 is 6.12. The summed E-state index contributed by atoms with van der Waals surface area (Å²) in [4.78, 5) is 2.36. The third-order valence-electron chi connectivity index (χ3n) is 3.13. The van der Waals surface area contributed by atoms with E-state index in [1.807, 2.05) is 13.0 Å². The van der Waals surface area contributed by atoms with Crippen molar-refractivity contribution in [3.8, 4) is 0 Å². The maximum Gasteiger partial charge on any atom is 0.0824 e. The lowest BCUT2D eigenvalue weighted by Gasteiger charge is -2.32. The molecular formula is C13H19ClN2O. The van der Waals surface area contributed by atoms with Gasteiger partial charge in [-0.2, -0.15) is 0 Å². The predicted molar refractivity (Wildman–Crippen MR) is 70.3 cm³/mol. The van der Waals surface area contributed by atoms with Gasteiger partial charge in [-0.15, -0.1) is 0 Å². The van der Waals surface area contributed by atoms with E-state index in [2.05, 4.69) is 17.0 Å². The third-order valence-corrected chi connectivity index (χ3v) is 3.54. The number of nitrogens with two attached hydrogens (primary N) is 1. The first-order valence-electron chi connectivity index (χ1n) is 5.98.